The Hall–Kier alpha value is -3.87. The third kappa shape index (κ3) is 5.45. The molecule has 0 amide bonds. The molecule has 0 aliphatic carbocycles. The summed E-state index contributed by atoms with van der Waals surface area (Å²) in [6.07, 6.45) is 1.25. The third-order valence-corrected chi connectivity index (χ3v) is 5.40. The summed E-state index contributed by atoms with van der Waals surface area (Å²) in [7, 11) is 0. The summed E-state index contributed by atoms with van der Waals surface area (Å²) in [5, 5.41) is 0. The molecule has 0 spiro atoms. The zero-order valence-corrected chi connectivity index (χ0v) is 20.6. The molecular weight excluding hydrogens is 446 g/mol. The summed E-state index contributed by atoms with van der Waals surface area (Å²) in [5.74, 6) is -1.57. The van der Waals surface area contributed by atoms with Crippen molar-refractivity contribution in [3.8, 4) is 16.9 Å². The van der Waals surface area contributed by atoms with Gasteiger partial charge in [0.15, 0.2) is 0 Å². The standard InChI is InChI=1S/C28H31NO6/c1-5-12-22-23(27(31)34-7-3)24(28(32)35-8-4)25(19-13-10-9-11-14-19)29(22)21-17-15-20(16-18-21)26(30)33-6-2/h9-11,13-18H,5-8,12H2,1-4H3. The van der Waals surface area contributed by atoms with Crippen LogP contribution in [-0.4, -0.2) is 42.3 Å². The highest BCUT2D eigenvalue weighted by molar-refractivity contribution is 6.09. The van der Waals surface area contributed by atoms with Crippen LogP contribution in [0, 0.1) is 0 Å². The van der Waals surface area contributed by atoms with Crippen molar-refractivity contribution >= 4 is 17.9 Å². The Morgan fingerprint density at radius 2 is 1.23 bits per heavy atom. The van der Waals surface area contributed by atoms with E-state index in [2.05, 4.69) is 0 Å². The van der Waals surface area contributed by atoms with E-state index in [4.69, 9.17) is 14.2 Å². The summed E-state index contributed by atoms with van der Waals surface area (Å²) >= 11 is 0. The zero-order valence-electron chi connectivity index (χ0n) is 20.6. The van der Waals surface area contributed by atoms with E-state index in [-0.39, 0.29) is 30.9 Å². The molecule has 7 nitrogen and oxygen atoms in total. The van der Waals surface area contributed by atoms with Gasteiger partial charge in [0, 0.05) is 11.4 Å². The molecule has 0 N–H and O–H groups in total. The number of aromatic nitrogens is 1. The molecule has 0 aliphatic heterocycles. The van der Waals surface area contributed by atoms with E-state index in [1.54, 1.807) is 45.0 Å². The van der Waals surface area contributed by atoms with E-state index in [1.807, 2.05) is 41.8 Å². The Balaban J connectivity index is 2.38. The lowest BCUT2D eigenvalue weighted by molar-refractivity contribution is 0.0480. The van der Waals surface area contributed by atoms with Gasteiger partial charge in [0.2, 0.25) is 0 Å². The lowest BCUT2D eigenvalue weighted by atomic mass is 10.0. The topological polar surface area (TPSA) is 83.8 Å². The molecule has 184 valence electrons. The highest BCUT2D eigenvalue weighted by atomic mass is 16.5. The van der Waals surface area contributed by atoms with Gasteiger partial charge in [-0.3, -0.25) is 0 Å². The van der Waals surface area contributed by atoms with Gasteiger partial charge in [0.05, 0.1) is 36.6 Å². The van der Waals surface area contributed by atoms with Crippen molar-refractivity contribution in [1.29, 1.82) is 0 Å². The minimum absolute atomic E-state index is 0.165. The SMILES string of the molecule is CCCc1c(C(=O)OCC)c(C(=O)OCC)c(-c2ccccc2)n1-c1ccc(C(=O)OCC)cc1. The second kappa shape index (κ2) is 12.0. The van der Waals surface area contributed by atoms with E-state index in [0.717, 1.165) is 12.0 Å². The summed E-state index contributed by atoms with van der Waals surface area (Å²) in [6, 6.07) is 16.3. The molecule has 0 bridgehead atoms. The highest BCUT2D eigenvalue weighted by Gasteiger charge is 2.33. The first-order valence-electron chi connectivity index (χ1n) is 11.9. The Kier molecular flexibility index (Phi) is 8.84. The molecule has 0 fully saturated rings. The Bertz CT molecular complexity index is 1180. The fourth-order valence-corrected chi connectivity index (χ4v) is 4.04. The van der Waals surface area contributed by atoms with Crippen LogP contribution in [0.25, 0.3) is 16.9 Å². The molecule has 7 heteroatoms. The number of carbonyl (C=O) groups excluding carboxylic acids is 3. The molecule has 0 unspecified atom stereocenters. The van der Waals surface area contributed by atoms with Crippen molar-refractivity contribution < 1.29 is 28.6 Å². The number of benzene rings is 2. The van der Waals surface area contributed by atoms with Crippen LogP contribution < -0.4 is 0 Å². The van der Waals surface area contributed by atoms with Crippen molar-refractivity contribution in [3.05, 3.63) is 77.0 Å². The summed E-state index contributed by atoms with van der Waals surface area (Å²) in [5.41, 5.74) is 3.43. The van der Waals surface area contributed by atoms with Crippen molar-refractivity contribution in [2.24, 2.45) is 0 Å². The monoisotopic (exact) mass is 477 g/mol. The summed E-state index contributed by atoms with van der Waals surface area (Å²) in [4.78, 5) is 38.7. The Morgan fingerprint density at radius 1 is 0.686 bits per heavy atom. The number of esters is 3. The van der Waals surface area contributed by atoms with Gasteiger partial charge in [0.1, 0.15) is 5.56 Å². The minimum atomic E-state index is -0.589. The highest BCUT2D eigenvalue weighted by Crippen LogP contribution is 2.36. The Morgan fingerprint density at radius 3 is 1.77 bits per heavy atom. The molecule has 35 heavy (non-hydrogen) atoms. The summed E-state index contributed by atoms with van der Waals surface area (Å²) < 4.78 is 17.8. The van der Waals surface area contributed by atoms with Gasteiger partial charge < -0.3 is 18.8 Å². The predicted octanol–water partition coefficient (Wildman–Crippen LogP) is 5.63. The van der Waals surface area contributed by atoms with Crippen LogP contribution in [-0.2, 0) is 20.6 Å². The number of nitrogens with zero attached hydrogens (tertiary/aromatic N) is 1. The van der Waals surface area contributed by atoms with Gasteiger partial charge in [-0.15, -0.1) is 0 Å². The molecule has 0 saturated carbocycles. The fraction of sp³-hybridized carbons (Fsp3) is 0.321. The smallest absolute Gasteiger partial charge is 0.341 e. The van der Waals surface area contributed by atoms with Crippen molar-refractivity contribution in [2.75, 3.05) is 19.8 Å². The largest absolute Gasteiger partial charge is 0.462 e. The average molecular weight is 478 g/mol. The first kappa shape index (κ1) is 25.7. The van der Waals surface area contributed by atoms with E-state index in [1.165, 1.54) is 0 Å². The number of hydrogen-bond acceptors (Lipinski definition) is 6. The summed E-state index contributed by atoms with van der Waals surface area (Å²) in [6.45, 7) is 7.83. The number of carbonyl (C=O) groups is 3. The maximum absolute atomic E-state index is 13.3. The molecule has 0 saturated heterocycles. The lowest BCUT2D eigenvalue weighted by Crippen LogP contribution is -2.14. The van der Waals surface area contributed by atoms with Gasteiger partial charge in [-0.2, -0.15) is 0 Å². The fourth-order valence-electron chi connectivity index (χ4n) is 4.04. The molecule has 1 heterocycles. The molecule has 3 rings (SSSR count). The van der Waals surface area contributed by atoms with Crippen LogP contribution >= 0.6 is 0 Å². The third-order valence-electron chi connectivity index (χ3n) is 5.40. The van der Waals surface area contributed by atoms with Crippen LogP contribution in [0.1, 0.15) is 70.9 Å². The average Bonchev–Trinajstić information content (AvgIpc) is 3.20. The second-order valence-corrected chi connectivity index (χ2v) is 7.71. The minimum Gasteiger partial charge on any atom is -0.462 e. The van der Waals surface area contributed by atoms with Crippen LogP contribution in [0.2, 0.25) is 0 Å². The molecule has 1 aromatic heterocycles. The van der Waals surface area contributed by atoms with E-state index in [9.17, 15) is 14.4 Å². The number of hydrogen-bond donors (Lipinski definition) is 0. The van der Waals surface area contributed by atoms with E-state index in [0.29, 0.717) is 29.1 Å². The van der Waals surface area contributed by atoms with Crippen LogP contribution in [0.15, 0.2) is 54.6 Å². The van der Waals surface area contributed by atoms with E-state index >= 15 is 0 Å². The van der Waals surface area contributed by atoms with Crippen molar-refractivity contribution in [1.82, 2.24) is 4.57 Å². The van der Waals surface area contributed by atoms with Crippen LogP contribution in [0.5, 0.6) is 0 Å². The van der Waals surface area contributed by atoms with Crippen LogP contribution in [0.3, 0.4) is 0 Å². The molecule has 2 aromatic carbocycles. The van der Waals surface area contributed by atoms with Crippen molar-refractivity contribution in [2.45, 2.75) is 40.5 Å². The maximum atomic E-state index is 13.3. The van der Waals surface area contributed by atoms with Crippen molar-refractivity contribution in [3.63, 3.8) is 0 Å². The van der Waals surface area contributed by atoms with Gasteiger partial charge >= 0.3 is 17.9 Å². The van der Waals surface area contributed by atoms with E-state index < -0.39 is 17.9 Å². The van der Waals surface area contributed by atoms with Crippen LogP contribution in [0.4, 0.5) is 0 Å². The molecule has 0 atom stereocenters. The number of rotatable bonds is 10. The lowest BCUT2D eigenvalue weighted by Gasteiger charge is -2.15. The quantitative estimate of drug-likeness (QED) is 0.278. The first-order valence-corrected chi connectivity index (χ1v) is 11.9. The van der Waals surface area contributed by atoms with Gasteiger partial charge in [-0.05, 0) is 57.0 Å². The molecule has 0 radical (unpaired) electrons. The maximum Gasteiger partial charge on any atom is 0.341 e. The van der Waals surface area contributed by atoms with Gasteiger partial charge in [-0.1, -0.05) is 43.7 Å². The normalized spacial score (nSPS) is 10.6. The second-order valence-electron chi connectivity index (χ2n) is 7.71. The Labute approximate surface area is 205 Å². The van der Waals surface area contributed by atoms with Gasteiger partial charge in [-0.25, -0.2) is 14.4 Å². The number of ether oxygens (including phenoxy) is 3. The van der Waals surface area contributed by atoms with Gasteiger partial charge in [0.25, 0.3) is 0 Å². The molecule has 3 aromatic rings. The molecule has 0 aliphatic rings. The zero-order chi connectivity index (χ0) is 25.4. The predicted molar refractivity (Wildman–Crippen MR) is 133 cm³/mol. The first-order chi connectivity index (χ1) is 17.0. The molecular formula is C28H31NO6.